The van der Waals surface area contributed by atoms with Crippen molar-refractivity contribution in [3.8, 4) is 0 Å². The molecule has 0 aromatic carbocycles. The second-order valence-corrected chi connectivity index (χ2v) is 5.04. The van der Waals surface area contributed by atoms with Gasteiger partial charge in [0.15, 0.2) is 5.69 Å². The molecule has 1 rings (SSSR count). The lowest BCUT2D eigenvalue weighted by Gasteiger charge is -2.25. The fourth-order valence-corrected chi connectivity index (χ4v) is 1.79. The molecular weight excluding hydrogens is 234 g/mol. The first-order chi connectivity index (χ1) is 8.30. The molecule has 3 N–H and O–H groups in total. The second-order valence-electron chi connectivity index (χ2n) is 5.04. The van der Waals surface area contributed by atoms with E-state index in [2.05, 4.69) is 15.3 Å². The van der Waals surface area contributed by atoms with Gasteiger partial charge in [0.05, 0.1) is 18.0 Å². The number of hydrogen-bond donors (Lipinski definition) is 3. The van der Waals surface area contributed by atoms with E-state index in [0.29, 0.717) is 24.7 Å². The first-order valence-corrected chi connectivity index (χ1v) is 5.82. The standard InChI is InChI=1S/C12H19N3O3/c1-8(2)4-12(3,18)7-14-10-6-13-5-9(15-10)11(16)17/h5-6,8,18H,4,7H2,1-3H3,(H,14,15)(H,16,17). The minimum absolute atomic E-state index is 0.122. The van der Waals surface area contributed by atoms with E-state index < -0.39 is 11.6 Å². The van der Waals surface area contributed by atoms with Gasteiger partial charge in [0.25, 0.3) is 0 Å². The Bertz CT molecular complexity index is 419. The van der Waals surface area contributed by atoms with Crippen LogP contribution in [0.15, 0.2) is 12.4 Å². The maximum absolute atomic E-state index is 10.7. The van der Waals surface area contributed by atoms with E-state index in [1.807, 2.05) is 13.8 Å². The molecule has 1 heterocycles. The molecule has 0 fully saturated rings. The number of carbonyl (C=O) groups is 1. The fraction of sp³-hybridized carbons (Fsp3) is 0.583. The highest BCUT2D eigenvalue weighted by molar-refractivity contribution is 5.85. The average molecular weight is 253 g/mol. The van der Waals surface area contributed by atoms with E-state index >= 15 is 0 Å². The molecule has 0 amide bonds. The molecule has 18 heavy (non-hydrogen) atoms. The van der Waals surface area contributed by atoms with Gasteiger partial charge in [0.2, 0.25) is 0 Å². The minimum Gasteiger partial charge on any atom is -0.476 e. The number of nitrogens with one attached hydrogen (secondary N) is 1. The van der Waals surface area contributed by atoms with Crippen LogP contribution in [0.2, 0.25) is 0 Å². The van der Waals surface area contributed by atoms with E-state index in [-0.39, 0.29) is 5.69 Å². The smallest absolute Gasteiger partial charge is 0.356 e. The summed E-state index contributed by atoms with van der Waals surface area (Å²) in [4.78, 5) is 18.4. The van der Waals surface area contributed by atoms with Gasteiger partial charge >= 0.3 is 5.97 Å². The fourth-order valence-electron chi connectivity index (χ4n) is 1.79. The van der Waals surface area contributed by atoms with Gasteiger partial charge in [0, 0.05) is 6.54 Å². The van der Waals surface area contributed by atoms with Crippen molar-refractivity contribution < 1.29 is 15.0 Å². The Hall–Kier alpha value is -1.69. The zero-order valence-electron chi connectivity index (χ0n) is 10.8. The highest BCUT2D eigenvalue weighted by Gasteiger charge is 2.21. The topological polar surface area (TPSA) is 95.3 Å². The molecule has 0 radical (unpaired) electrons. The number of aromatic carboxylic acids is 1. The van der Waals surface area contributed by atoms with Crippen LogP contribution in [0.5, 0.6) is 0 Å². The number of carboxylic acid groups (broad SMARTS) is 1. The summed E-state index contributed by atoms with van der Waals surface area (Å²) in [5, 5.41) is 21.8. The summed E-state index contributed by atoms with van der Waals surface area (Å²) < 4.78 is 0. The highest BCUT2D eigenvalue weighted by Crippen LogP contribution is 2.16. The molecule has 0 saturated heterocycles. The van der Waals surface area contributed by atoms with Crippen LogP contribution < -0.4 is 5.32 Å². The first kappa shape index (κ1) is 14.4. The van der Waals surface area contributed by atoms with E-state index in [9.17, 15) is 9.90 Å². The Morgan fingerprint density at radius 3 is 2.72 bits per heavy atom. The van der Waals surface area contributed by atoms with Crippen LogP contribution in [0.3, 0.4) is 0 Å². The molecule has 1 unspecified atom stereocenters. The van der Waals surface area contributed by atoms with Gasteiger partial charge in [-0.15, -0.1) is 0 Å². The van der Waals surface area contributed by atoms with Crippen molar-refractivity contribution in [2.75, 3.05) is 11.9 Å². The number of rotatable bonds is 6. The zero-order valence-corrected chi connectivity index (χ0v) is 10.8. The SMILES string of the molecule is CC(C)CC(C)(O)CNc1cncc(C(=O)O)n1. The molecule has 0 saturated carbocycles. The van der Waals surface area contributed by atoms with E-state index in [4.69, 9.17) is 5.11 Å². The maximum Gasteiger partial charge on any atom is 0.356 e. The van der Waals surface area contributed by atoms with Crippen molar-refractivity contribution in [3.63, 3.8) is 0 Å². The molecule has 100 valence electrons. The summed E-state index contributed by atoms with van der Waals surface area (Å²) >= 11 is 0. The minimum atomic E-state index is -1.12. The third-order valence-corrected chi connectivity index (χ3v) is 2.35. The van der Waals surface area contributed by atoms with Gasteiger partial charge in [-0.3, -0.25) is 4.98 Å². The van der Waals surface area contributed by atoms with Crippen LogP contribution in [0.25, 0.3) is 0 Å². The van der Waals surface area contributed by atoms with Gasteiger partial charge in [-0.05, 0) is 19.3 Å². The maximum atomic E-state index is 10.7. The Balaban J connectivity index is 2.63. The molecule has 6 nitrogen and oxygen atoms in total. The van der Waals surface area contributed by atoms with Crippen LogP contribution >= 0.6 is 0 Å². The number of aromatic nitrogens is 2. The molecule has 0 aliphatic carbocycles. The quantitative estimate of drug-likeness (QED) is 0.709. The molecule has 1 atom stereocenters. The molecule has 0 bridgehead atoms. The van der Waals surface area contributed by atoms with E-state index in [0.717, 1.165) is 0 Å². The summed E-state index contributed by atoms with van der Waals surface area (Å²) in [6.45, 7) is 6.08. The van der Waals surface area contributed by atoms with Gasteiger partial charge in [-0.2, -0.15) is 0 Å². The van der Waals surface area contributed by atoms with Gasteiger partial charge in [0.1, 0.15) is 5.82 Å². The third kappa shape index (κ3) is 4.67. The average Bonchev–Trinajstić information content (AvgIpc) is 2.25. The molecule has 1 aromatic rings. The Labute approximate surface area is 106 Å². The number of hydrogen-bond acceptors (Lipinski definition) is 5. The summed E-state index contributed by atoms with van der Waals surface area (Å²) in [5.74, 6) is -0.405. The molecule has 1 aromatic heterocycles. The number of anilines is 1. The third-order valence-electron chi connectivity index (χ3n) is 2.35. The van der Waals surface area contributed by atoms with Gasteiger partial charge < -0.3 is 15.5 Å². The summed E-state index contributed by atoms with van der Waals surface area (Å²) in [6, 6.07) is 0. The molecule has 0 aliphatic rings. The number of carboxylic acids is 1. The number of nitrogens with zero attached hydrogens (tertiary/aromatic N) is 2. The Kier molecular flexibility index (Phi) is 4.61. The van der Waals surface area contributed by atoms with Crippen molar-refractivity contribution >= 4 is 11.8 Å². The Morgan fingerprint density at radius 2 is 2.17 bits per heavy atom. The van der Waals surface area contributed by atoms with Crippen LogP contribution in [0.4, 0.5) is 5.82 Å². The summed E-state index contributed by atoms with van der Waals surface area (Å²) in [7, 11) is 0. The van der Waals surface area contributed by atoms with Crippen LogP contribution in [-0.2, 0) is 0 Å². The van der Waals surface area contributed by atoms with Crippen LogP contribution in [-0.4, -0.2) is 38.3 Å². The normalized spacial score (nSPS) is 14.3. The lowest BCUT2D eigenvalue weighted by Crippen LogP contribution is -2.35. The zero-order chi connectivity index (χ0) is 13.8. The van der Waals surface area contributed by atoms with Crippen LogP contribution in [0, 0.1) is 5.92 Å². The van der Waals surface area contributed by atoms with Crippen molar-refractivity contribution in [1.82, 2.24) is 9.97 Å². The van der Waals surface area contributed by atoms with E-state index in [1.54, 1.807) is 6.92 Å². The van der Waals surface area contributed by atoms with Crippen LogP contribution in [0.1, 0.15) is 37.7 Å². The lowest BCUT2D eigenvalue weighted by molar-refractivity contribution is 0.0514. The molecular formula is C12H19N3O3. The number of aliphatic hydroxyl groups is 1. The second kappa shape index (κ2) is 5.77. The van der Waals surface area contributed by atoms with E-state index in [1.165, 1.54) is 12.4 Å². The van der Waals surface area contributed by atoms with Crippen molar-refractivity contribution in [2.45, 2.75) is 32.8 Å². The first-order valence-electron chi connectivity index (χ1n) is 5.82. The van der Waals surface area contributed by atoms with Crippen molar-refractivity contribution in [1.29, 1.82) is 0 Å². The highest BCUT2D eigenvalue weighted by atomic mass is 16.4. The predicted octanol–water partition coefficient (Wildman–Crippen LogP) is 1.38. The largest absolute Gasteiger partial charge is 0.476 e. The van der Waals surface area contributed by atoms with Gasteiger partial charge in [-0.1, -0.05) is 13.8 Å². The molecule has 0 spiro atoms. The summed E-state index contributed by atoms with van der Waals surface area (Å²) in [5.41, 5.74) is -0.988. The van der Waals surface area contributed by atoms with Crippen molar-refractivity contribution in [2.24, 2.45) is 5.92 Å². The predicted molar refractivity (Wildman–Crippen MR) is 67.6 cm³/mol. The monoisotopic (exact) mass is 253 g/mol. The lowest BCUT2D eigenvalue weighted by atomic mass is 9.94. The van der Waals surface area contributed by atoms with Gasteiger partial charge in [-0.25, -0.2) is 9.78 Å². The Morgan fingerprint density at radius 1 is 1.50 bits per heavy atom. The summed E-state index contributed by atoms with van der Waals surface area (Å²) in [6.07, 6.45) is 3.25. The molecule has 0 aliphatic heterocycles. The molecule has 6 heteroatoms. The van der Waals surface area contributed by atoms with Crippen molar-refractivity contribution in [3.05, 3.63) is 18.1 Å².